The smallest absolute Gasteiger partial charge is 0.393 e. The summed E-state index contributed by atoms with van der Waals surface area (Å²) in [6.45, 7) is 1.89. The van der Waals surface area contributed by atoms with E-state index in [9.17, 15) is 23.1 Å². The number of nitrogens with zero attached hydrogens (tertiary/aromatic N) is 2. The molecule has 2 heterocycles. The van der Waals surface area contributed by atoms with E-state index in [1.807, 2.05) is 0 Å². The summed E-state index contributed by atoms with van der Waals surface area (Å²) in [6, 6.07) is 15.3. The number of piperidine rings is 1. The van der Waals surface area contributed by atoms with Crippen LogP contribution in [0.2, 0.25) is 5.02 Å². The Hall–Kier alpha value is -2.77. The van der Waals surface area contributed by atoms with E-state index in [2.05, 4.69) is 0 Å². The van der Waals surface area contributed by atoms with Crippen molar-refractivity contribution in [3.8, 4) is 11.1 Å². The summed E-state index contributed by atoms with van der Waals surface area (Å²) >= 11 is 6.01. The fraction of sp³-hybridized carbons (Fsp3) is 0.320. The minimum absolute atomic E-state index is 0.00106. The molecule has 0 atom stereocenters. The van der Waals surface area contributed by atoms with Crippen molar-refractivity contribution >= 4 is 17.5 Å². The van der Waals surface area contributed by atoms with Crippen LogP contribution in [0.3, 0.4) is 0 Å². The van der Waals surface area contributed by atoms with Crippen molar-refractivity contribution in [1.29, 1.82) is 0 Å². The van der Waals surface area contributed by atoms with E-state index >= 15 is 0 Å². The monoisotopic (exact) mass is 476 g/mol. The van der Waals surface area contributed by atoms with Crippen molar-refractivity contribution < 1.29 is 23.1 Å². The van der Waals surface area contributed by atoms with Gasteiger partial charge in [0.1, 0.15) is 11.4 Å². The molecule has 1 fully saturated rings. The highest BCUT2D eigenvalue weighted by molar-refractivity contribution is 6.30. The summed E-state index contributed by atoms with van der Waals surface area (Å²) in [5, 5.41) is 10.3. The van der Waals surface area contributed by atoms with Gasteiger partial charge in [0.05, 0.1) is 6.10 Å². The Kier molecular flexibility index (Phi) is 6.54. The molecule has 0 unspecified atom stereocenters. The summed E-state index contributed by atoms with van der Waals surface area (Å²) in [6.07, 6.45) is -4.37. The van der Waals surface area contributed by atoms with Crippen molar-refractivity contribution in [2.75, 3.05) is 13.1 Å². The van der Waals surface area contributed by atoms with Gasteiger partial charge in [-0.2, -0.15) is 13.2 Å². The number of rotatable bonds is 4. The third-order valence-corrected chi connectivity index (χ3v) is 6.30. The number of aliphatic hydroxyl groups excluding tert-OH is 1. The Bertz CT molecular complexity index is 1130. The van der Waals surface area contributed by atoms with Crippen LogP contribution in [-0.2, 0) is 12.7 Å². The zero-order chi connectivity index (χ0) is 23.8. The molecule has 3 aromatic rings. The Morgan fingerprint density at radius 1 is 1.06 bits per heavy atom. The second-order valence-corrected chi connectivity index (χ2v) is 8.73. The number of carbonyl (C=O) groups is 1. The first-order chi connectivity index (χ1) is 15.7. The molecule has 33 heavy (non-hydrogen) atoms. The molecule has 1 aliphatic heterocycles. The lowest BCUT2D eigenvalue weighted by atomic mass is 9.99. The van der Waals surface area contributed by atoms with Crippen LogP contribution in [-0.4, -0.2) is 39.7 Å². The number of alkyl halides is 3. The highest BCUT2D eigenvalue weighted by Crippen LogP contribution is 2.42. The lowest BCUT2D eigenvalue weighted by molar-refractivity contribution is -0.143. The molecule has 4 rings (SSSR count). The largest absolute Gasteiger partial charge is 0.431 e. The molecule has 174 valence electrons. The predicted octanol–water partition coefficient (Wildman–Crippen LogP) is 5.78. The molecule has 8 heteroatoms. The second kappa shape index (κ2) is 9.23. The van der Waals surface area contributed by atoms with Crippen LogP contribution in [0.1, 0.15) is 40.2 Å². The maximum Gasteiger partial charge on any atom is 0.431 e. The second-order valence-electron chi connectivity index (χ2n) is 8.30. The third-order valence-electron chi connectivity index (χ3n) is 6.05. The molecule has 4 nitrogen and oxygen atoms in total. The van der Waals surface area contributed by atoms with Crippen LogP contribution in [0.25, 0.3) is 11.1 Å². The molecule has 0 radical (unpaired) electrons. The summed E-state index contributed by atoms with van der Waals surface area (Å²) in [5.74, 6) is -0.471. The summed E-state index contributed by atoms with van der Waals surface area (Å²) in [5.41, 5.74) is 0.574. The number of halogens is 4. The van der Waals surface area contributed by atoms with Crippen LogP contribution in [0.15, 0.2) is 54.6 Å². The summed E-state index contributed by atoms with van der Waals surface area (Å²) in [4.78, 5) is 15.2. The SMILES string of the molecule is Cc1c(-c2ccc(Cl)cc2)c(C(=O)N2CCC(O)CC2)n(Cc2ccccc2)c1C(F)(F)F. The molecule has 1 aromatic heterocycles. The molecule has 1 saturated heterocycles. The summed E-state index contributed by atoms with van der Waals surface area (Å²) < 4.78 is 44.1. The minimum atomic E-state index is -4.66. The number of hydrogen-bond acceptors (Lipinski definition) is 2. The number of carbonyl (C=O) groups excluding carboxylic acids is 1. The van der Waals surface area contributed by atoms with Crippen molar-refractivity contribution in [3.63, 3.8) is 0 Å². The highest BCUT2D eigenvalue weighted by Gasteiger charge is 2.42. The Labute approximate surface area is 195 Å². The van der Waals surface area contributed by atoms with Gasteiger partial charge in [-0.15, -0.1) is 0 Å². The molecular formula is C25H24ClF3N2O2. The van der Waals surface area contributed by atoms with Gasteiger partial charge in [-0.3, -0.25) is 4.79 Å². The van der Waals surface area contributed by atoms with Gasteiger partial charge in [-0.05, 0) is 48.6 Å². The highest BCUT2D eigenvalue weighted by atomic mass is 35.5. The molecule has 0 spiro atoms. The number of aliphatic hydroxyl groups is 1. The zero-order valence-electron chi connectivity index (χ0n) is 18.1. The van der Waals surface area contributed by atoms with Crippen LogP contribution in [0, 0.1) is 6.92 Å². The van der Waals surface area contributed by atoms with Gasteiger partial charge in [0.25, 0.3) is 5.91 Å². The topological polar surface area (TPSA) is 45.5 Å². The van der Waals surface area contributed by atoms with Crippen LogP contribution < -0.4 is 0 Å². The molecule has 2 aromatic carbocycles. The quantitative estimate of drug-likeness (QED) is 0.518. The van der Waals surface area contributed by atoms with Crippen LogP contribution >= 0.6 is 11.6 Å². The van der Waals surface area contributed by atoms with E-state index in [1.54, 1.807) is 54.6 Å². The fourth-order valence-electron chi connectivity index (χ4n) is 4.45. The number of amides is 1. The maximum atomic E-state index is 14.3. The van der Waals surface area contributed by atoms with E-state index in [4.69, 9.17) is 11.6 Å². The fourth-order valence-corrected chi connectivity index (χ4v) is 4.57. The lowest BCUT2D eigenvalue weighted by Crippen LogP contribution is -2.41. The molecule has 0 bridgehead atoms. The van der Waals surface area contributed by atoms with E-state index in [0.29, 0.717) is 29.0 Å². The molecular weight excluding hydrogens is 453 g/mol. The first kappa shape index (κ1) is 23.4. The van der Waals surface area contributed by atoms with Crippen LogP contribution in [0.5, 0.6) is 0 Å². The van der Waals surface area contributed by atoms with Gasteiger partial charge in [-0.1, -0.05) is 54.1 Å². The summed E-state index contributed by atoms with van der Waals surface area (Å²) in [7, 11) is 0. The van der Waals surface area contributed by atoms with Gasteiger partial charge in [0.2, 0.25) is 0 Å². The van der Waals surface area contributed by atoms with Gasteiger partial charge in [0, 0.05) is 30.2 Å². The maximum absolute atomic E-state index is 14.3. The Morgan fingerprint density at radius 2 is 1.67 bits per heavy atom. The van der Waals surface area contributed by atoms with Crippen molar-refractivity contribution in [2.45, 2.75) is 38.6 Å². The molecule has 1 aliphatic rings. The molecule has 0 saturated carbocycles. The molecule has 1 amide bonds. The Morgan fingerprint density at radius 3 is 2.24 bits per heavy atom. The van der Waals surface area contributed by atoms with Gasteiger partial charge in [-0.25, -0.2) is 0 Å². The van der Waals surface area contributed by atoms with E-state index in [1.165, 1.54) is 11.8 Å². The average molecular weight is 477 g/mol. The van der Waals surface area contributed by atoms with Crippen molar-refractivity contribution in [2.24, 2.45) is 0 Å². The van der Waals surface area contributed by atoms with Crippen LogP contribution in [0.4, 0.5) is 13.2 Å². The van der Waals surface area contributed by atoms with Gasteiger partial charge < -0.3 is 14.6 Å². The van der Waals surface area contributed by atoms with Gasteiger partial charge >= 0.3 is 6.18 Å². The lowest BCUT2D eigenvalue weighted by Gasteiger charge is -2.30. The minimum Gasteiger partial charge on any atom is -0.393 e. The predicted molar refractivity (Wildman–Crippen MR) is 121 cm³/mol. The number of aromatic nitrogens is 1. The molecule has 1 N–H and O–H groups in total. The standard InChI is InChI=1S/C25H24ClF3N2O2/c1-16-21(18-7-9-19(26)10-8-18)22(24(33)30-13-11-20(32)12-14-30)31(23(16)25(27,28)29)15-17-5-3-2-4-6-17/h2-10,20,32H,11-15H2,1H3. The first-order valence-electron chi connectivity index (χ1n) is 10.7. The number of hydrogen-bond donors (Lipinski definition) is 1. The van der Waals surface area contributed by atoms with Crippen molar-refractivity contribution in [3.05, 3.63) is 82.1 Å². The van der Waals surface area contributed by atoms with E-state index < -0.39 is 23.9 Å². The zero-order valence-corrected chi connectivity index (χ0v) is 18.8. The van der Waals surface area contributed by atoms with E-state index in [0.717, 1.165) is 4.57 Å². The average Bonchev–Trinajstić information content (AvgIpc) is 3.07. The van der Waals surface area contributed by atoms with E-state index in [-0.39, 0.29) is 36.5 Å². The number of likely N-dealkylation sites (tertiary alicyclic amines) is 1. The Balaban J connectivity index is 1.95. The third kappa shape index (κ3) is 4.80. The number of benzene rings is 2. The first-order valence-corrected chi connectivity index (χ1v) is 11.1. The normalized spacial score (nSPS) is 15.2. The van der Waals surface area contributed by atoms with Crippen molar-refractivity contribution in [1.82, 2.24) is 9.47 Å². The molecule has 0 aliphatic carbocycles. The van der Waals surface area contributed by atoms with Gasteiger partial charge in [0.15, 0.2) is 0 Å².